The molecule has 28 heavy (non-hydrogen) atoms. The monoisotopic (exact) mass is 376 g/mol. The van der Waals surface area contributed by atoms with Gasteiger partial charge < -0.3 is 14.0 Å². The van der Waals surface area contributed by atoms with Gasteiger partial charge in [0.25, 0.3) is 0 Å². The van der Waals surface area contributed by atoms with Crippen molar-refractivity contribution in [3.05, 3.63) is 83.7 Å². The lowest BCUT2D eigenvalue weighted by atomic mass is 10.00. The van der Waals surface area contributed by atoms with E-state index in [-0.39, 0.29) is 6.04 Å². The molecule has 1 aliphatic rings. The maximum Gasteiger partial charge on any atom is 0.124 e. The molecule has 0 bridgehead atoms. The summed E-state index contributed by atoms with van der Waals surface area (Å²) in [5.74, 6) is 1.87. The number of hydrogen-bond donors (Lipinski definition) is 0. The van der Waals surface area contributed by atoms with Gasteiger partial charge in [0, 0.05) is 37.1 Å². The van der Waals surface area contributed by atoms with Crippen LogP contribution < -0.4 is 9.47 Å². The third kappa shape index (κ3) is 3.78. The van der Waals surface area contributed by atoms with Gasteiger partial charge in [-0.2, -0.15) is 0 Å². The van der Waals surface area contributed by atoms with Gasteiger partial charge in [0.2, 0.25) is 0 Å². The van der Waals surface area contributed by atoms with E-state index in [0.29, 0.717) is 6.61 Å². The predicted molar refractivity (Wildman–Crippen MR) is 112 cm³/mol. The van der Waals surface area contributed by atoms with Crippen LogP contribution in [0.4, 0.5) is 0 Å². The van der Waals surface area contributed by atoms with Gasteiger partial charge >= 0.3 is 0 Å². The second kappa shape index (κ2) is 8.53. The summed E-state index contributed by atoms with van der Waals surface area (Å²) in [7, 11) is 1.76. The van der Waals surface area contributed by atoms with Crippen LogP contribution in [0.25, 0.3) is 0 Å². The van der Waals surface area contributed by atoms with Crippen molar-refractivity contribution in [2.75, 3.05) is 20.3 Å². The molecule has 1 aromatic heterocycles. The van der Waals surface area contributed by atoms with Gasteiger partial charge in [0.05, 0.1) is 19.8 Å². The Morgan fingerprint density at radius 1 is 0.964 bits per heavy atom. The lowest BCUT2D eigenvalue weighted by molar-refractivity contribution is 0.216. The van der Waals surface area contributed by atoms with Crippen molar-refractivity contribution in [2.45, 2.75) is 32.5 Å². The number of ether oxygens (including phenoxy) is 2. The van der Waals surface area contributed by atoms with Crippen LogP contribution >= 0.6 is 0 Å². The second-order valence-electron chi connectivity index (χ2n) is 7.17. The van der Waals surface area contributed by atoms with E-state index in [2.05, 4.69) is 70.3 Å². The summed E-state index contributed by atoms with van der Waals surface area (Å²) < 4.78 is 13.7. The summed E-state index contributed by atoms with van der Waals surface area (Å²) in [6, 6.07) is 21.4. The minimum Gasteiger partial charge on any atom is -0.496 e. The zero-order chi connectivity index (χ0) is 19.3. The van der Waals surface area contributed by atoms with E-state index in [1.54, 1.807) is 7.11 Å². The summed E-state index contributed by atoms with van der Waals surface area (Å²) in [5, 5.41) is 0. The van der Waals surface area contributed by atoms with Crippen LogP contribution in [0.15, 0.2) is 66.9 Å². The Hall–Kier alpha value is -2.72. The van der Waals surface area contributed by atoms with Crippen molar-refractivity contribution < 1.29 is 9.47 Å². The summed E-state index contributed by atoms with van der Waals surface area (Å²) in [5.41, 5.74) is 3.84. The van der Waals surface area contributed by atoms with Crippen LogP contribution in [-0.2, 0) is 13.1 Å². The molecule has 4 heteroatoms. The molecule has 1 aliphatic heterocycles. The minimum absolute atomic E-state index is 0.167. The summed E-state index contributed by atoms with van der Waals surface area (Å²) in [6.45, 7) is 5.68. The van der Waals surface area contributed by atoms with E-state index in [1.165, 1.54) is 16.8 Å². The third-order valence-electron chi connectivity index (χ3n) is 5.41. The SMILES string of the molecule is CCOc1ccc(CN2CCCn3cccc3C2c2ccccc2OC)cc1. The van der Waals surface area contributed by atoms with E-state index in [1.807, 2.05) is 13.0 Å². The summed E-state index contributed by atoms with van der Waals surface area (Å²) >= 11 is 0. The molecule has 2 heterocycles. The number of hydrogen-bond acceptors (Lipinski definition) is 3. The largest absolute Gasteiger partial charge is 0.496 e. The molecule has 4 rings (SSSR count). The molecule has 146 valence electrons. The zero-order valence-electron chi connectivity index (χ0n) is 16.7. The number of methoxy groups -OCH3 is 1. The molecule has 0 fully saturated rings. The number of benzene rings is 2. The van der Waals surface area contributed by atoms with Gasteiger partial charge in [-0.25, -0.2) is 0 Å². The average molecular weight is 377 g/mol. The molecule has 0 saturated heterocycles. The molecule has 0 aliphatic carbocycles. The average Bonchev–Trinajstić information content (AvgIpc) is 3.11. The summed E-state index contributed by atoms with van der Waals surface area (Å²) in [6.07, 6.45) is 3.32. The van der Waals surface area contributed by atoms with Crippen molar-refractivity contribution >= 4 is 0 Å². The Kier molecular flexibility index (Phi) is 5.68. The molecule has 1 unspecified atom stereocenters. The van der Waals surface area contributed by atoms with Crippen LogP contribution in [0, 0.1) is 0 Å². The molecule has 0 N–H and O–H groups in total. The highest BCUT2D eigenvalue weighted by Crippen LogP contribution is 2.37. The Balaban J connectivity index is 1.69. The van der Waals surface area contributed by atoms with Gasteiger partial charge in [0.15, 0.2) is 0 Å². The van der Waals surface area contributed by atoms with E-state index in [9.17, 15) is 0 Å². The van der Waals surface area contributed by atoms with Crippen LogP contribution in [0.5, 0.6) is 11.5 Å². The van der Waals surface area contributed by atoms with Crippen molar-refractivity contribution in [2.24, 2.45) is 0 Å². The molecular formula is C24H28N2O2. The third-order valence-corrected chi connectivity index (χ3v) is 5.41. The van der Waals surface area contributed by atoms with Crippen LogP contribution in [0.3, 0.4) is 0 Å². The quantitative estimate of drug-likeness (QED) is 0.613. The predicted octanol–water partition coefficient (Wildman–Crippen LogP) is 4.89. The fourth-order valence-corrected chi connectivity index (χ4v) is 4.15. The molecule has 1 atom stereocenters. The van der Waals surface area contributed by atoms with E-state index >= 15 is 0 Å². The van der Waals surface area contributed by atoms with Crippen LogP contribution in [0.2, 0.25) is 0 Å². The fourth-order valence-electron chi connectivity index (χ4n) is 4.15. The Labute approximate surface area is 167 Å². The Morgan fingerprint density at radius 3 is 2.57 bits per heavy atom. The first-order chi connectivity index (χ1) is 13.8. The highest BCUT2D eigenvalue weighted by molar-refractivity contribution is 5.41. The van der Waals surface area contributed by atoms with E-state index < -0.39 is 0 Å². The Bertz CT molecular complexity index is 901. The number of para-hydroxylation sites is 1. The topological polar surface area (TPSA) is 26.6 Å². The first-order valence-corrected chi connectivity index (χ1v) is 10.0. The van der Waals surface area contributed by atoms with Crippen LogP contribution in [0.1, 0.15) is 36.2 Å². The molecule has 0 saturated carbocycles. The standard InChI is InChI=1S/C24H28N2O2/c1-3-28-20-13-11-19(12-14-20)18-26-17-7-16-25-15-6-9-22(25)24(26)21-8-4-5-10-23(21)27-2/h4-6,8-15,24H,3,7,16-18H2,1-2H3. The lowest BCUT2D eigenvalue weighted by Crippen LogP contribution is -2.29. The number of aryl methyl sites for hydroxylation is 1. The normalized spacial score (nSPS) is 17.0. The van der Waals surface area contributed by atoms with E-state index in [4.69, 9.17) is 9.47 Å². The molecule has 0 amide bonds. The second-order valence-corrected chi connectivity index (χ2v) is 7.17. The van der Waals surface area contributed by atoms with Gasteiger partial charge in [-0.15, -0.1) is 0 Å². The van der Waals surface area contributed by atoms with E-state index in [0.717, 1.165) is 37.6 Å². The summed E-state index contributed by atoms with van der Waals surface area (Å²) in [4.78, 5) is 2.56. The molecule has 2 aromatic carbocycles. The molecule has 4 nitrogen and oxygen atoms in total. The molecular weight excluding hydrogens is 348 g/mol. The maximum atomic E-state index is 5.72. The number of nitrogens with zero attached hydrogens (tertiary/aromatic N) is 2. The van der Waals surface area contributed by atoms with Crippen molar-refractivity contribution in [3.63, 3.8) is 0 Å². The van der Waals surface area contributed by atoms with Gasteiger partial charge in [-0.05, 0) is 49.2 Å². The van der Waals surface area contributed by atoms with Crippen molar-refractivity contribution in [1.29, 1.82) is 0 Å². The van der Waals surface area contributed by atoms with Crippen molar-refractivity contribution in [1.82, 2.24) is 9.47 Å². The zero-order valence-corrected chi connectivity index (χ0v) is 16.7. The smallest absolute Gasteiger partial charge is 0.124 e. The van der Waals surface area contributed by atoms with Crippen molar-refractivity contribution in [3.8, 4) is 11.5 Å². The van der Waals surface area contributed by atoms with Gasteiger partial charge in [-0.1, -0.05) is 30.3 Å². The molecule has 0 radical (unpaired) electrons. The lowest BCUT2D eigenvalue weighted by Gasteiger charge is -2.31. The Morgan fingerprint density at radius 2 is 1.79 bits per heavy atom. The number of fused-ring (bicyclic) bond motifs is 1. The fraction of sp³-hybridized carbons (Fsp3) is 0.333. The van der Waals surface area contributed by atoms with Crippen LogP contribution in [-0.4, -0.2) is 29.7 Å². The van der Waals surface area contributed by atoms with Gasteiger partial charge in [0.1, 0.15) is 11.5 Å². The first kappa shape index (κ1) is 18.6. The number of aromatic nitrogens is 1. The molecule has 3 aromatic rings. The highest BCUT2D eigenvalue weighted by atomic mass is 16.5. The minimum atomic E-state index is 0.167. The molecule has 0 spiro atoms. The first-order valence-electron chi connectivity index (χ1n) is 10.0. The highest BCUT2D eigenvalue weighted by Gasteiger charge is 2.29. The van der Waals surface area contributed by atoms with Gasteiger partial charge in [-0.3, -0.25) is 4.90 Å². The number of rotatable bonds is 6. The maximum absolute atomic E-state index is 5.72.